The number of rotatable bonds is 5. The second kappa shape index (κ2) is 9.44. The van der Waals surface area contributed by atoms with E-state index in [1.807, 2.05) is 12.1 Å². The molecule has 1 aliphatic carbocycles. The van der Waals surface area contributed by atoms with Crippen molar-refractivity contribution in [2.75, 3.05) is 19.6 Å². The van der Waals surface area contributed by atoms with Crippen LogP contribution in [0.4, 0.5) is 0 Å². The van der Waals surface area contributed by atoms with Crippen molar-refractivity contribution in [3.05, 3.63) is 47.5 Å². The fourth-order valence-corrected chi connectivity index (χ4v) is 5.42. The van der Waals surface area contributed by atoms with Gasteiger partial charge in [0.25, 0.3) is 0 Å². The summed E-state index contributed by atoms with van der Waals surface area (Å²) in [6.45, 7) is 15.6. The summed E-state index contributed by atoms with van der Waals surface area (Å²) in [6, 6.07) is 8.35. The van der Waals surface area contributed by atoms with E-state index in [2.05, 4.69) is 62.7 Å². The Morgan fingerprint density at radius 1 is 1.20 bits per heavy atom. The Hall–Kier alpha value is -1.32. The highest BCUT2D eigenvalue weighted by Gasteiger charge is 2.46. The van der Waals surface area contributed by atoms with Gasteiger partial charge in [-0.3, -0.25) is 4.79 Å². The van der Waals surface area contributed by atoms with E-state index in [0.29, 0.717) is 17.8 Å². The van der Waals surface area contributed by atoms with Crippen molar-refractivity contribution in [3.63, 3.8) is 0 Å². The van der Waals surface area contributed by atoms with E-state index in [-0.39, 0.29) is 16.9 Å². The lowest BCUT2D eigenvalue weighted by molar-refractivity contribution is -0.138. The summed E-state index contributed by atoms with van der Waals surface area (Å²) in [4.78, 5) is 15.9. The van der Waals surface area contributed by atoms with Crippen molar-refractivity contribution in [1.82, 2.24) is 10.2 Å². The second-order valence-corrected chi connectivity index (χ2v) is 11.2. The van der Waals surface area contributed by atoms with Crippen molar-refractivity contribution in [1.29, 1.82) is 0 Å². The zero-order valence-electron chi connectivity index (χ0n) is 19.2. The highest BCUT2D eigenvalue weighted by atomic mass is 35.5. The molecule has 1 aliphatic heterocycles. The molecule has 3 rings (SSSR count). The molecule has 1 amide bonds. The number of carbonyl (C=O) groups excluding carboxylic acids is 1. The normalized spacial score (nSPS) is 28.8. The molecular formula is C26H39ClN2O. The highest BCUT2D eigenvalue weighted by Crippen LogP contribution is 2.45. The lowest BCUT2D eigenvalue weighted by Crippen LogP contribution is -2.55. The number of piperidine rings is 1. The van der Waals surface area contributed by atoms with Crippen LogP contribution < -0.4 is 5.32 Å². The van der Waals surface area contributed by atoms with Gasteiger partial charge >= 0.3 is 0 Å². The predicted octanol–water partition coefficient (Wildman–Crippen LogP) is 6.04. The van der Waals surface area contributed by atoms with Gasteiger partial charge in [0.2, 0.25) is 5.91 Å². The molecule has 3 atom stereocenters. The molecule has 30 heavy (non-hydrogen) atoms. The summed E-state index contributed by atoms with van der Waals surface area (Å²) in [5, 5.41) is 4.08. The quantitative estimate of drug-likeness (QED) is 0.577. The maximum Gasteiger partial charge on any atom is 0.226 e. The summed E-state index contributed by atoms with van der Waals surface area (Å²) in [7, 11) is 0. The fourth-order valence-electron chi connectivity index (χ4n) is 5.30. The molecule has 1 aromatic rings. The molecule has 0 radical (unpaired) electrons. The third-order valence-electron chi connectivity index (χ3n) is 7.22. The summed E-state index contributed by atoms with van der Waals surface area (Å²) in [5.41, 5.74) is 0.861. The summed E-state index contributed by atoms with van der Waals surface area (Å²) >= 11 is 6.05. The molecule has 2 aliphatic rings. The van der Waals surface area contributed by atoms with Gasteiger partial charge in [0, 0.05) is 17.1 Å². The predicted molar refractivity (Wildman–Crippen MR) is 127 cm³/mol. The number of nitrogens with one attached hydrogen (secondary N) is 1. The Bertz CT molecular complexity index is 730. The van der Waals surface area contributed by atoms with E-state index in [0.717, 1.165) is 43.9 Å². The molecule has 0 unspecified atom stereocenters. The first-order valence-electron chi connectivity index (χ1n) is 11.5. The van der Waals surface area contributed by atoms with Crippen LogP contribution in [0.1, 0.15) is 71.3 Å². The lowest BCUT2D eigenvalue weighted by Gasteiger charge is -2.46. The molecule has 1 N–H and O–H groups in total. The number of hydrogen-bond donors (Lipinski definition) is 1. The topological polar surface area (TPSA) is 32.3 Å². The van der Waals surface area contributed by atoms with Gasteiger partial charge in [-0.05, 0) is 101 Å². The monoisotopic (exact) mass is 430 g/mol. The molecule has 0 bridgehead atoms. The van der Waals surface area contributed by atoms with Crippen LogP contribution in [-0.4, -0.2) is 36.0 Å². The van der Waals surface area contributed by atoms with Crippen LogP contribution in [0.2, 0.25) is 5.02 Å². The third-order valence-corrected chi connectivity index (χ3v) is 7.47. The Kier molecular flexibility index (Phi) is 7.35. The van der Waals surface area contributed by atoms with Crippen LogP contribution in [0.3, 0.4) is 0 Å². The van der Waals surface area contributed by atoms with E-state index in [1.165, 1.54) is 18.4 Å². The largest absolute Gasteiger partial charge is 0.351 e. The SMILES string of the molecule is C=C[C@@H]1CC[C@@H](CN2CCC(c3ccc(Cl)cc3)CC2)[C@@](C)(C(=O)NC(C)(C)C)C1. The Balaban J connectivity index is 1.64. The number of carbonyl (C=O) groups is 1. The smallest absolute Gasteiger partial charge is 0.226 e. The van der Waals surface area contributed by atoms with Crippen LogP contribution in [0, 0.1) is 17.3 Å². The first-order chi connectivity index (χ1) is 14.1. The van der Waals surface area contributed by atoms with Crippen molar-refractivity contribution in [2.45, 2.75) is 71.3 Å². The molecule has 1 saturated carbocycles. The second-order valence-electron chi connectivity index (χ2n) is 10.7. The van der Waals surface area contributed by atoms with Gasteiger partial charge in [-0.15, -0.1) is 6.58 Å². The zero-order valence-corrected chi connectivity index (χ0v) is 20.0. The molecular weight excluding hydrogens is 392 g/mol. The van der Waals surface area contributed by atoms with Gasteiger partial charge in [0.15, 0.2) is 0 Å². The molecule has 2 fully saturated rings. The third kappa shape index (κ3) is 5.68. The van der Waals surface area contributed by atoms with E-state index >= 15 is 0 Å². The van der Waals surface area contributed by atoms with E-state index < -0.39 is 0 Å². The first kappa shape index (κ1) is 23.3. The highest BCUT2D eigenvalue weighted by molar-refractivity contribution is 6.30. The number of halogens is 1. The average Bonchev–Trinajstić information content (AvgIpc) is 2.69. The Labute approximate surface area is 188 Å². The van der Waals surface area contributed by atoms with Crippen molar-refractivity contribution in [3.8, 4) is 0 Å². The molecule has 0 aromatic heterocycles. The van der Waals surface area contributed by atoms with Gasteiger partial charge in [-0.2, -0.15) is 0 Å². The zero-order chi connectivity index (χ0) is 21.9. The van der Waals surface area contributed by atoms with E-state index in [1.54, 1.807) is 0 Å². The Morgan fingerprint density at radius 3 is 2.40 bits per heavy atom. The van der Waals surface area contributed by atoms with Crippen molar-refractivity contribution >= 4 is 17.5 Å². The number of allylic oxidation sites excluding steroid dienone is 1. The lowest BCUT2D eigenvalue weighted by atomic mass is 9.63. The fraction of sp³-hybridized carbons (Fsp3) is 0.654. The Morgan fingerprint density at radius 2 is 1.83 bits per heavy atom. The maximum absolute atomic E-state index is 13.3. The van der Waals surface area contributed by atoms with Gasteiger partial charge in [-0.1, -0.05) is 36.7 Å². The number of amides is 1. The summed E-state index contributed by atoms with van der Waals surface area (Å²) < 4.78 is 0. The van der Waals surface area contributed by atoms with Gasteiger partial charge < -0.3 is 10.2 Å². The molecule has 166 valence electrons. The minimum atomic E-state index is -0.336. The van der Waals surface area contributed by atoms with Crippen LogP contribution >= 0.6 is 11.6 Å². The molecule has 0 spiro atoms. The molecule has 3 nitrogen and oxygen atoms in total. The average molecular weight is 431 g/mol. The molecule has 1 saturated heterocycles. The number of hydrogen-bond acceptors (Lipinski definition) is 2. The minimum absolute atomic E-state index is 0.206. The maximum atomic E-state index is 13.3. The van der Waals surface area contributed by atoms with E-state index in [9.17, 15) is 4.79 Å². The summed E-state index contributed by atoms with van der Waals surface area (Å²) in [5.74, 6) is 1.66. The van der Waals surface area contributed by atoms with Crippen molar-refractivity contribution < 1.29 is 4.79 Å². The number of benzene rings is 1. The van der Waals surface area contributed by atoms with Crippen molar-refractivity contribution in [2.24, 2.45) is 17.3 Å². The number of nitrogens with zero attached hydrogens (tertiary/aromatic N) is 1. The van der Waals surface area contributed by atoms with Crippen LogP contribution in [-0.2, 0) is 4.79 Å². The van der Waals surface area contributed by atoms with Gasteiger partial charge in [0.05, 0.1) is 5.41 Å². The first-order valence-corrected chi connectivity index (χ1v) is 11.9. The molecule has 1 heterocycles. The molecule has 1 aromatic carbocycles. The minimum Gasteiger partial charge on any atom is -0.351 e. The van der Waals surface area contributed by atoms with E-state index in [4.69, 9.17) is 11.6 Å². The van der Waals surface area contributed by atoms with Crippen LogP contribution in [0.25, 0.3) is 0 Å². The summed E-state index contributed by atoms with van der Waals surface area (Å²) in [6.07, 6.45) is 7.56. The molecule has 4 heteroatoms. The van der Waals surface area contributed by atoms with Gasteiger partial charge in [0.1, 0.15) is 0 Å². The van der Waals surface area contributed by atoms with Crippen LogP contribution in [0.15, 0.2) is 36.9 Å². The van der Waals surface area contributed by atoms with Crippen LogP contribution in [0.5, 0.6) is 0 Å². The number of likely N-dealkylation sites (tertiary alicyclic amines) is 1. The standard InChI is InChI=1S/C26H39ClN2O/c1-6-19-7-10-22(26(5,17-19)24(30)28-25(2,3)4)18-29-15-13-21(14-16-29)20-8-11-23(27)12-9-20/h6,8-9,11-12,19,21-22H,1,7,10,13-18H2,2-5H3,(H,28,30)/t19-,22+,26+/m1/s1. The van der Waals surface area contributed by atoms with Gasteiger partial charge in [-0.25, -0.2) is 0 Å².